The van der Waals surface area contributed by atoms with Crippen molar-refractivity contribution in [3.63, 3.8) is 0 Å². The number of aryl methyl sites for hydroxylation is 1. The van der Waals surface area contributed by atoms with Crippen LogP contribution in [-0.2, 0) is 6.54 Å². The van der Waals surface area contributed by atoms with Crippen LogP contribution in [0.5, 0.6) is 0 Å². The van der Waals surface area contributed by atoms with Gasteiger partial charge >= 0.3 is 0 Å². The Kier molecular flexibility index (Phi) is 3.02. The topological polar surface area (TPSA) is 64.1 Å². The summed E-state index contributed by atoms with van der Waals surface area (Å²) in [4.78, 5) is 0. The highest BCUT2D eigenvalue weighted by atomic mass is 16.4. The molecule has 5 nitrogen and oxygen atoms in total. The Morgan fingerprint density at radius 3 is 2.65 bits per heavy atom. The molecule has 2 aromatic rings. The van der Waals surface area contributed by atoms with Gasteiger partial charge in [0.1, 0.15) is 12.0 Å². The van der Waals surface area contributed by atoms with Gasteiger partial charge in [0, 0.05) is 5.54 Å². The molecule has 17 heavy (non-hydrogen) atoms. The van der Waals surface area contributed by atoms with Crippen molar-refractivity contribution < 1.29 is 8.83 Å². The van der Waals surface area contributed by atoms with Crippen LogP contribution in [0.2, 0.25) is 0 Å². The van der Waals surface area contributed by atoms with Crippen molar-refractivity contribution in [2.24, 2.45) is 0 Å². The largest absolute Gasteiger partial charge is 0.469 e. The minimum Gasteiger partial charge on any atom is -0.469 e. The summed E-state index contributed by atoms with van der Waals surface area (Å²) in [5.74, 6) is 1.90. The molecule has 2 rings (SSSR count). The Hall–Kier alpha value is -1.62. The lowest BCUT2D eigenvalue weighted by atomic mass is 10.1. The molecule has 0 radical (unpaired) electrons. The van der Waals surface area contributed by atoms with Gasteiger partial charge in [0.15, 0.2) is 0 Å². The van der Waals surface area contributed by atoms with E-state index >= 15 is 0 Å². The molecule has 5 heteroatoms. The van der Waals surface area contributed by atoms with Crippen LogP contribution in [0.3, 0.4) is 0 Å². The van der Waals surface area contributed by atoms with Crippen LogP contribution in [-0.4, -0.2) is 15.7 Å². The smallest absolute Gasteiger partial charge is 0.251 e. The predicted octanol–water partition coefficient (Wildman–Crippen LogP) is 2.53. The number of hydrogen-bond donors (Lipinski definition) is 1. The second kappa shape index (κ2) is 4.33. The first-order valence-corrected chi connectivity index (χ1v) is 5.57. The van der Waals surface area contributed by atoms with E-state index in [0.29, 0.717) is 18.3 Å². The Balaban J connectivity index is 2.06. The molecule has 92 valence electrons. The molecule has 0 fully saturated rings. The van der Waals surface area contributed by atoms with Gasteiger partial charge in [0.2, 0.25) is 5.89 Å². The van der Waals surface area contributed by atoms with Crippen molar-refractivity contribution in [2.45, 2.75) is 39.8 Å². The average molecular weight is 235 g/mol. The molecular formula is C12H17N3O2. The number of hydrogen-bond acceptors (Lipinski definition) is 5. The van der Waals surface area contributed by atoms with E-state index in [1.165, 1.54) is 0 Å². The SMILES string of the molecule is Cc1cc(-c2nnc(CNC(C)(C)C)o2)co1. The van der Waals surface area contributed by atoms with E-state index in [2.05, 4.69) is 36.3 Å². The summed E-state index contributed by atoms with van der Waals surface area (Å²) in [7, 11) is 0. The third-order valence-electron chi connectivity index (χ3n) is 2.21. The Morgan fingerprint density at radius 2 is 2.06 bits per heavy atom. The molecule has 0 amide bonds. The number of nitrogens with one attached hydrogen (secondary N) is 1. The lowest BCUT2D eigenvalue weighted by Gasteiger charge is -2.18. The van der Waals surface area contributed by atoms with Crippen molar-refractivity contribution in [1.29, 1.82) is 0 Å². The molecule has 0 aliphatic carbocycles. The monoisotopic (exact) mass is 235 g/mol. The second-order valence-electron chi connectivity index (χ2n) is 5.05. The minimum absolute atomic E-state index is 0.0286. The van der Waals surface area contributed by atoms with Crippen LogP contribution in [0.25, 0.3) is 11.5 Å². The molecule has 0 aromatic carbocycles. The van der Waals surface area contributed by atoms with Crippen molar-refractivity contribution in [3.8, 4) is 11.5 Å². The number of nitrogens with zero attached hydrogens (tertiary/aromatic N) is 2. The van der Waals surface area contributed by atoms with Gasteiger partial charge in [-0.1, -0.05) is 0 Å². The van der Waals surface area contributed by atoms with E-state index in [9.17, 15) is 0 Å². The van der Waals surface area contributed by atoms with Crippen LogP contribution >= 0.6 is 0 Å². The first kappa shape index (κ1) is 11.9. The van der Waals surface area contributed by atoms with Crippen LogP contribution < -0.4 is 5.32 Å². The summed E-state index contributed by atoms with van der Waals surface area (Å²) in [6.07, 6.45) is 1.61. The molecule has 2 heterocycles. The molecule has 0 bridgehead atoms. The fourth-order valence-corrected chi connectivity index (χ4v) is 1.34. The predicted molar refractivity (Wildman–Crippen MR) is 63.3 cm³/mol. The van der Waals surface area contributed by atoms with Gasteiger partial charge in [0.25, 0.3) is 5.89 Å². The lowest BCUT2D eigenvalue weighted by Crippen LogP contribution is -2.35. The number of aromatic nitrogens is 2. The van der Waals surface area contributed by atoms with E-state index in [1.54, 1.807) is 6.26 Å². The highest BCUT2D eigenvalue weighted by Gasteiger charge is 2.13. The average Bonchev–Trinajstić information content (AvgIpc) is 2.81. The van der Waals surface area contributed by atoms with E-state index < -0.39 is 0 Å². The van der Waals surface area contributed by atoms with E-state index in [1.807, 2.05) is 13.0 Å². The van der Waals surface area contributed by atoms with Gasteiger partial charge in [-0.25, -0.2) is 0 Å². The molecule has 0 aliphatic heterocycles. The Bertz CT molecular complexity index is 494. The van der Waals surface area contributed by atoms with E-state index in [-0.39, 0.29) is 5.54 Å². The van der Waals surface area contributed by atoms with Gasteiger partial charge in [0.05, 0.1) is 12.1 Å². The van der Waals surface area contributed by atoms with E-state index in [4.69, 9.17) is 8.83 Å². The van der Waals surface area contributed by atoms with Crippen LogP contribution in [0.15, 0.2) is 21.2 Å². The molecule has 0 atom stereocenters. The first-order chi connectivity index (χ1) is 7.94. The Labute approximate surface area is 100 Å². The third-order valence-corrected chi connectivity index (χ3v) is 2.21. The molecule has 0 aliphatic rings. The summed E-state index contributed by atoms with van der Waals surface area (Å²) < 4.78 is 10.7. The van der Waals surface area contributed by atoms with Crippen molar-refractivity contribution in [2.75, 3.05) is 0 Å². The van der Waals surface area contributed by atoms with Crippen LogP contribution in [0, 0.1) is 6.92 Å². The Morgan fingerprint density at radius 1 is 1.29 bits per heavy atom. The number of rotatable bonds is 3. The van der Waals surface area contributed by atoms with Crippen molar-refractivity contribution >= 4 is 0 Å². The third kappa shape index (κ3) is 3.17. The minimum atomic E-state index is 0.0286. The fourth-order valence-electron chi connectivity index (χ4n) is 1.34. The maximum atomic E-state index is 5.53. The van der Waals surface area contributed by atoms with Crippen molar-refractivity contribution in [1.82, 2.24) is 15.5 Å². The summed E-state index contributed by atoms with van der Waals surface area (Å²) in [5, 5.41) is 11.3. The van der Waals surface area contributed by atoms with Gasteiger partial charge in [-0.05, 0) is 33.8 Å². The zero-order valence-electron chi connectivity index (χ0n) is 10.6. The highest BCUT2D eigenvalue weighted by Crippen LogP contribution is 2.20. The van der Waals surface area contributed by atoms with Gasteiger partial charge in [-0.2, -0.15) is 0 Å². The standard InChI is InChI=1S/C12H17N3O2/c1-8-5-9(7-16-8)11-15-14-10(17-11)6-13-12(2,3)4/h5,7,13H,6H2,1-4H3. The molecule has 0 spiro atoms. The zero-order chi connectivity index (χ0) is 12.5. The van der Waals surface area contributed by atoms with E-state index in [0.717, 1.165) is 11.3 Å². The maximum Gasteiger partial charge on any atom is 0.251 e. The maximum absolute atomic E-state index is 5.53. The summed E-state index contributed by atoms with van der Waals surface area (Å²) in [5.41, 5.74) is 0.845. The summed E-state index contributed by atoms with van der Waals surface area (Å²) in [6, 6.07) is 1.87. The molecule has 0 unspecified atom stereocenters. The highest BCUT2D eigenvalue weighted by molar-refractivity contribution is 5.50. The van der Waals surface area contributed by atoms with Crippen molar-refractivity contribution in [3.05, 3.63) is 24.0 Å². The fraction of sp³-hybridized carbons (Fsp3) is 0.500. The van der Waals surface area contributed by atoms with Gasteiger partial charge in [-0.3, -0.25) is 0 Å². The van der Waals surface area contributed by atoms with Crippen LogP contribution in [0.1, 0.15) is 32.4 Å². The normalized spacial score (nSPS) is 12.0. The molecular weight excluding hydrogens is 218 g/mol. The quantitative estimate of drug-likeness (QED) is 0.885. The zero-order valence-corrected chi connectivity index (χ0v) is 10.6. The number of furan rings is 1. The van der Waals surface area contributed by atoms with Crippen LogP contribution in [0.4, 0.5) is 0 Å². The van der Waals surface area contributed by atoms with Gasteiger partial charge in [-0.15, -0.1) is 10.2 Å². The molecule has 2 aromatic heterocycles. The summed E-state index contributed by atoms with van der Waals surface area (Å²) in [6.45, 7) is 8.70. The molecule has 1 N–H and O–H groups in total. The second-order valence-corrected chi connectivity index (χ2v) is 5.05. The first-order valence-electron chi connectivity index (χ1n) is 5.57. The lowest BCUT2D eigenvalue weighted by molar-refractivity contribution is 0.383. The summed E-state index contributed by atoms with van der Waals surface area (Å²) >= 11 is 0. The molecule has 0 saturated heterocycles. The van der Waals surface area contributed by atoms with Gasteiger partial charge < -0.3 is 14.2 Å². The molecule has 0 saturated carbocycles.